The van der Waals surface area contributed by atoms with Crippen LogP contribution in [-0.2, 0) is 0 Å². The monoisotopic (exact) mass is 289 g/mol. The Morgan fingerprint density at radius 2 is 1.80 bits per heavy atom. The van der Waals surface area contributed by atoms with Crippen molar-refractivity contribution in [3.8, 4) is 5.75 Å². The number of halogens is 1. The van der Waals surface area contributed by atoms with E-state index in [1.165, 1.54) is 16.7 Å². The zero-order valence-electron chi connectivity index (χ0n) is 12.3. The van der Waals surface area contributed by atoms with E-state index in [0.717, 1.165) is 5.69 Å². The minimum Gasteiger partial charge on any atom is -0.495 e. The molecule has 0 saturated carbocycles. The van der Waals surface area contributed by atoms with Gasteiger partial charge in [0.25, 0.3) is 0 Å². The number of benzene rings is 2. The Bertz CT molecular complexity index is 610. The van der Waals surface area contributed by atoms with Crippen molar-refractivity contribution in [1.82, 2.24) is 0 Å². The Balaban J connectivity index is 2.16. The molecule has 0 aliphatic rings. The third kappa shape index (κ3) is 3.26. The lowest BCUT2D eigenvalue weighted by atomic mass is 10.0. The highest BCUT2D eigenvalue weighted by Crippen LogP contribution is 2.29. The average molecular weight is 290 g/mol. The number of hydrogen-bond acceptors (Lipinski definition) is 2. The van der Waals surface area contributed by atoms with Gasteiger partial charge in [0.15, 0.2) is 0 Å². The molecule has 0 aliphatic carbocycles. The molecule has 0 amide bonds. The lowest BCUT2D eigenvalue weighted by Gasteiger charge is -2.17. The van der Waals surface area contributed by atoms with E-state index in [0.29, 0.717) is 10.8 Å². The quantitative estimate of drug-likeness (QED) is 0.841. The van der Waals surface area contributed by atoms with E-state index in [1.807, 2.05) is 18.2 Å². The molecule has 0 fully saturated rings. The van der Waals surface area contributed by atoms with Crippen molar-refractivity contribution in [2.45, 2.75) is 26.8 Å². The summed E-state index contributed by atoms with van der Waals surface area (Å²) in [4.78, 5) is 0. The second-order valence-electron chi connectivity index (χ2n) is 5.06. The van der Waals surface area contributed by atoms with Crippen molar-refractivity contribution < 1.29 is 4.74 Å². The standard InChI is InChI=1S/C17H20ClNO/c1-11-5-6-14(9-12(11)2)13(3)19-15-7-8-17(20-4)16(18)10-15/h5-10,13,19H,1-4H3. The number of aryl methyl sites for hydroxylation is 2. The third-order valence-corrected chi connectivity index (χ3v) is 3.86. The molecule has 1 unspecified atom stereocenters. The van der Waals surface area contributed by atoms with Crippen LogP contribution >= 0.6 is 11.6 Å². The summed E-state index contributed by atoms with van der Waals surface area (Å²) in [6, 6.07) is 12.5. The molecule has 20 heavy (non-hydrogen) atoms. The van der Waals surface area contributed by atoms with Crippen molar-refractivity contribution in [3.05, 3.63) is 58.1 Å². The first-order chi connectivity index (χ1) is 9.51. The zero-order chi connectivity index (χ0) is 14.7. The molecule has 0 saturated heterocycles. The molecule has 3 heteroatoms. The Labute approximate surface area is 125 Å². The molecule has 106 valence electrons. The maximum absolute atomic E-state index is 6.14. The van der Waals surface area contributed by atoms with Crippen LogP contribution in [0.4, 0.5) is 5.69 Å². The minimum atomic E-state index is 0.221. The van der Waals surface area contributed by atoms with E-state index < -0.39 is 0 Å². The third-order valence-electron chi connectivity index (χ3n) is 3.57. The highest BCUT2D eigenvalue weighted by molar-refractivity contribution is 6.32. The van der Waals surface area contributed by atoms with Gasteiger partial charge in [-0.2, -0.15) is 0 Å². The van der Waals surface area contributed by atoms with Crippen molar-refractivity contribution in [3.63, 3.8) is 0 Å². The summed E-state index contributed by atoms with van der Waals surface area (Å²) < 4.78 is 5.16. The van der Waals surface area contributed by atoms with Gasteiger partial charge in [0.05, 0.1) is 12.1 Å². The summed E-state index contributed by atoms with van der Waals surface area (Å²) in [6.07, 6.45) is 0. The Hall–Kier alpha value is -1.67. The van der Waals surface area contributed by atoms with Gasteiger partial charge < -0.3 is 10.1 Å². The molecule has 1 N–H and O–H groups in total. The SMILES string of the molecule is COc1ccc(NC(C)c2ccc(C)c(C)c2)cc1Cl. The van der Waals surface area contributed by atoms with E-state index in [9.17, 15) is 0 Å². The van der Waals surface area contributed by atoms with Crippen LogP contribution in [0.5, 0.6) is 5.75 Å². The predicted molar refractivity (Wildman–Crippen MR) is 86.0 cm³/mol. The molecule has 0 heterocycles. The van der Waals surface area contributed by atoms with Gasteiger partial charge in [-0.25, -0.2) is 0 Å². The average Bonchev–Trinajstić information content (AvgIpc) is 2.42. The molecular formula is C17H20ClNO. The van der Waals surface area contributed by atoms with Crippen LogP contribution in [0.25, 0.3) is 0 Å². The van der Waals surface area contributed by atoms with Gasteiger partial charge >= 0.3 is 0 Å². The van der Waals surface area contributed by atoms with E-state index >= 15 is 0 Å². The van der Waals surface area contributed by atoms with Gasteiger partial charge in [0.2, 0.25) is 0 Å². The molecule has 2 rings (SSSR count). The second kappa shape index (κ2) is 6.19. The summed E-state index contributed by atoms with van der Waals surface area (Å²) in [5, 5.41) is 4.07. The Morgan fingerprint density at radius 3 is 2.40 bits per heavy atom. The van der Waals surface area contributed by atoms with Crippen LogP contribution < -0.4 is 10.1 Å². The maximum Gasteiger partial charge on any atom is 0.137 e. The number of methoxy groups -OCH3 is 1. The van der Waals surface area contributed by atoms with Gasteiger partial charge in [-0.1, -0.05) is 29.8 Å². The van der Waals surface area contributed by atoms with E-state index in [2.05, 4.69) is 44.3 Å². The van der Waals surface area contributed by atoms with Crippen LogP contribution in [0.1, 0.15) is 29.7 Å². The number of anilines is 1. The van der Waals surface area contributed by atoms with Gasteiger partial charge in [0.1, 0.15) is 5.75 Å². The number of hydrogen-bond donors (Lipinski definition) is 1. The fourth-order valence-electron chi connectivity index (χ4n) is 2.12. The van der Waals surface area contributed by atoms with Crippen molar-refractivity contribution in [2.75, 3.05) is 12.4 Å². The van der Waals surface area contributed by atoms with E-state index in [1.54, 1.807) is 7.11 Å². The normalized spacial score (nSPS) is 12.1. The first-order valence-electron chi connectivity index (χ1n) is 6.68. The molecule has 2 nitrogen and oxygen atoms in total. The summed E-state index contributed by atoms with van der Waals surface area (Å²) in [6.45, 7) is 6.40. The molecule has 2 aromatic rings. The molecule has 0 bridgehead atoms. The summed E-state index contributed by atoms with van der Waals surface area (Å²) in [5.74, 6) is 0.691. The molecule has 0 spiro atoms. The molecule has 2 aromatic carbocycles. The molecule has 0 aliphatic heterocycles. The van der Waals surface area contributed by atoms with E-state index in [4.69, 9.17) is 16.3 Å². The van der Waals surface area contributed by atoms with Crippen molar-refractivity contribution in [2.24, 2.45) is 0 Å². The van der Waals surface area contributed by atoms with Crippen LogP contribution in [0, 0.1) is 13.8 Å². The first-order valence-corrected chi connectivity index (χ1v) is 7.06. The second-order valence-corrected chi connectivity index (χ2v) is 5.47. The first kappa shape index (κ1) is 14.7. The Kier molecular flexibility index (Phi) is 4.56. The Morgan fingerprint density at radius 1 is 1.05 bits per heavy atom. The highest BCUT2D eigenvalue weighted by Gasteiger charge is 2.08. The molecular weight excluding hydrogens is 270 g/mol. The highest BCUT2D eigenvalue weighted by atomic mass is 35.5. The van der Waals surface area contributed by atoms with Crippen molar-refractivity contribution >= 4 is 17.3 Å². The molecule has 0 radical (unpaired) electrons. The van der Waals surface area contributed by atoms with Crippen LogP contribution in [0.2, 0.25) is 5.02 Å². The van der Waals surface area contributed by atoms with Crippen LogP contribution in [0.15, 0.2) is 36.4 Å². The van der Waals surface area contributed by atoms with Gasteiger partial charge in [-0.3, -0.25) is 0 Å². The van der Waals surface area contributed by atoms with Crippen LogP contribution in [0.3, 0.4) is 0 Å². The fourth-order valence-corrected chi connectivity index (χ4v) is 2.38. The number of nitrogens with one attached hydrogen (secondary N) is 1. The predicted octanol–water partition coefficient (Wildman–Crippen LogP) is 5.14. The molecule has 0 aromatic heterocycles. The topological polar surface area (TPSA) is 21.3 Å². The molecule has 1 atom stereocenters. The summed E-state index contributed by atoms with van der Waals surface area (Å²) in [5.41, 5.74) is 4.87. The summed E-state index contributed by atoms with van der Waals surface area (Å²) >= 11 is 6.14. The number of rotatable bonds is 4. The van der Waals surface area contributed by atoms with Crippen LogP contribution in [-0.4, -0.2) is 7.11 Å². The van der Waals surface area contributed by atoms with Gasteiger partial charge in [0, 0.05) is 11.7 Å². The fraction of sp³-hybridized carbons (Fsp3) is 0.294. The van der Waals surface area contributed by atoms with Crippen molar-refractivity contribution in [1.29, 1.82) is 0 Å². The number of ether oxygens (including phenoxy) is 1. The van der Waals surface area contributed by atoms with Gasteiger partial charge in [-0.15, -0.1) is 0 Å². The summed E-state index contributed by atoms with van der Waals surface area (Å²) in [7, 11) is 1.62. The zero-order valence-corrected chi connectivity index (χ0v) is 13.1. The lowest BCUT2D eigenvalue weighted by Crippen LogP contribution is -2.07. The lowest BCUT2D eigenvalue weighted by molar-refractivity contribution is 0.415. The smallest absolute Gasteiger partial charge is 0.137 e. The van der Waals surface area contributed by atoms with E-state index in [-0.39, 0.29) is 6.04 Å². The van der Waals surface area contributed by atoms with Gasteiger partial charge in [-0.05, 0) is 55.7 Å². The maximum atomic E-state index is 6.14. The minimum absolute atomic E-state index is 0.221. The largest absolute Gasteiger partial charge is 0.495 e.